The molecule has 0 bridgehead atoms. The molecule has 0 amide bonds. The van der Waals surface area contributed by atoms with E-state index in [1.807, 2.05) is 30.3 Å². The fourth-order valence-corrected chi connectivity index (χ4v) is 2.61. The molecule has 7 heteroatoms. The Bertz CT molecular complexity index is 967. The zero-order valence-corrected chi connectivity index (χ0v) is 13.8. The predicted molar refractivity (Wildman–Crippen MR) is 91.0 cm³/mol. The number of hydrogen-bond acceptors (Lipinski definition) is 3. The van der Waals surface area contributed by atoms with Gasteiger partial charge in [-0.2, -0.15) is 18.3 Å². The molecule has 3 aromatic rings. The summed E-state index contributed by atoms with van der Waals surface area (Å²) in [6.07, 6.45) is -3.17. The third kappa shape index (κ3) is 3.61. The lowest BCUT2D eigenvalue weighted by Crippen LogP contribution is -2.25. The van der Waals surface area contributed by atoms with Crippen LogP contribution >= 0.6 is 0 Å². The Kier molecular flexibility index (Phi) is 4.79. The second kappa shape index (κ2) is 7.03. The average Bonchev–Trinajstić information content (AvgIpc) is 2.63. The van der Waals surface area contributed by atoms with E-state index >= 15 is 0 Å². The quantitative estimate of drug-likeness (QED) is 0.707. The van der Waals surface area contributed by atoms with Gasteiger partial charge in [0.05, 0.1) is 31.0 Å². The summed E-state index contributed by atoms with van der Waals surface area (Å²) in [5, 5.41) is 4.06. The van der Waals surface area contributed by atoms with Gasteiger partial charge < -0.3 is 4.74 Å². The van der Waals surface area contributed by atoms with Gasteiger partial charge in [0.1, 0.15) is 0 Å². The van der Waals surface area contributed by atoms with Gasteiger partial charge in [-0.15, -0.1) is 0 Å². The second-order valence-corrected chi connectivity index (χ2v) is 5.61. The van der Waals surface area contributed by atoms with E-state index in [2.05, 4.69) is 5.10 Å². The van der Waals surface area contributed by atoms with Gasteiger partial charge in [-0.05, 0) is 23.3 Å². The van der Waals surface area contributed by atoms with Crippen LogP contribution in [-0.2, 0) is 12.7 Å². The largest absolute Gasteiger partial charge is 0.494 e. The fraction of sp³-hybridized carbons (Fsp3) is 0.158. The molecule has 1 aromatic heterocycles. The minimum atomic E-state index is -4.50. The van der Waals surface area contributed by atoms with Crippen molar-refractivity contribution in [1.82, 2.24) is 9.78 Å². The molecule has 0 radical (unpaired) electrons. The first kappa shape index (κ1) is 17.7. The van der Waals surface area contributed by atoms with Gasteiger partial charge in [-0.1, -0.05) is 42.5 Å². The first-order valence-electron chi connectivity index (χ1n) is 7.76. The highest BCUT2D eigenvalue weighted by Crippen LogP contribution is 2.33. The first-order valence-corrected chi connectivity index (χ1v) is 7.76. The molecule has 0 spiro atoms. The maximum atomic E-state index is 13.0. The molecule has 0 N–H and O–H groups in total. The van der Waals surface area contributed by atoms with Crippen LogP contribution in [0.25, 0.3) is 11.1 Å². The third-order valence-corrected chi connectivity index (χ3v) is 3.88. The molecule has 2 aromatic carbocycles. The van der Waals surface area contributed by atoms with Gasteiger partial charge in [0, 0.05) is 0 Å². The van der Waals surface area contributed by atoms with E-state index in [1.165, 1.54) is 30.1 Å². The van der Waals surface area contributed by atoms with Gasteiger partial charge >= 0.3 is 6.18 Å². The van der Waals surface area contributed by atoms with Crippen LogP contribution in [0.1, 0.15) is 11.1 Å². The summed E-state index contributed by atoms with van der Waals surface area (Å²) in [5.74, 6) is 0.124. The van der Waals surface area contributed by atoms with Crippen molar-refractivity contribution >= 4 is 0 Å². The van der Waals surface area contributed by atoms with E-state index in [1.54, 1.807) is 0 Å². The van der Waals surface area contributed by atoms with Gasteiger partial charge in [0.25, 0.3) is 5.56 Å². The number of methoxy groups -OCH3 is 1. The van der Waals surface area contributed by atoms with Crippen LogP contribution in [0.3, 0.4) is 0 Å². The molecule has 134 valence electrons. The summed E-state index contributed by atoms with van der Waals surface area (Å²) in [7, 11) is 1.34. The lowest BCUT2D eigenvalue weighted by molar-refractivity contribution is -0.137. The summed E-state index contributed by atoms with van der Waals surface area (Å²) in [4.78, 5) is 12.9. The Hall–Kier alpha value is -3.09. The number of nitrogens with zero attached hydrogens (tertiary/aromatic N) is 2. The van der Waals surface area contributed by atoms with Crippen molar-refractivity contribution in [3.63, 3.8) is 0 Å². The molecular weight excluding hydrogens is 345 g/mol. The smallest absolute Gasteiger partial charge is 0.416 e. The maximum Gasteiger partial charge on any atom is 0.416 e. The minimum Gasteiger partial charge on any atom is -0.494 e. The van der Waals surface area contributed by atoms with Gasteiger partial charge in [-0.3, -0.25) is 4.79 Å². The Morgan fingerprint density at radius 3 is 2.46 bits per heavy atom. The van der Waals surface area contributed by atoms with Crippen LogP contribution in [-0.4, -0.2) is 16.9 Å². The standard InChI is InChI=1S/C19H15F3N2O2/c1-26-16-11-23-24(12-13-6-3-2-4-7-13)18(25)17(16)14-8-5-9-15(10-14)19(20,21)22/h2-11H,12H2,1H3. The molecule has 0 unspecified atom stereocenters. The number of rotatable bonds is 4. The fourth-order valence-electron chi connectivity index (χ4n) is 2.61. The van der Waals surface area contributed by atoms with E-state index < -0.39 is 17.3 Å². The van der Waals surface area contributed by atoms with E-state index in [-0.39, 0.29) is 23.4 Å². The molecule has 0 saturated carbocycles. The minimum absolute atomic E-state index is 0.0459. The number of halogens is 3. The number of hydrogen-bond donors (Lipinski definition) is 0. The van der Waals surface area contributed by atoms with Gasteiger partial charge in [0.2, 0.25) is 0 Å². The Balaban J connectivity index is 2.12. The Morgan fingerprint density at radius 1 is 1.08 bits per heavy atom. The molecule has 3 rings (SSSR count). The first-order chi connectivity index (χ1) is 12.4. The van der Waals surface area contributed by atoms with Crippen LogP contribution in [0.2, 0.25) is 0 Å². The van der Waals surface area contributed by atoms with Crippen molar-refractivity contribution in [3.8, 4) is 16.9 Å². The SMILES string of the molecule is COc1cnn(Cc2ccccc2)c(=O)c1-c1cccc(C(F)(F)F)c1. The summed E-state index contributed by atoms with van der Waals surface area (Å²) in [5.41, 5.74) is -0.326. The van der Waals surface area contributed by atoms with E-state index in [4.69, 9.17) is 4.74 Å². The zero-order chi connectivity index (χ0) is 18.7. The summed E-state index contributed by atoms with van der Waals surface area (Å²) in [6, 6.07) is 13.8. The van der Waals surface area contributed by atoms with Crippen molar-refractivity contribution < 1.29 is 17.9 Å². The van der Waals surface area contributed by atoms with Crippen molar-refractivity contribution in [2.45, 2.75) is 12.7 Å². The average molecular weight is 360 g/mol. The molecular formula is C19H15F3N2O2. The molecule has 0 aliphatic rings. The van der Waals surface area contributed by atoms with Crippen molar-refractivity contribution in [2.75, 3.05) is 7.11 Å². The normalized spacial score (nSPS) is 11.4. The highest BCUT2D eigenvalue weighted by atomic mass is 19.4. The maximum absolute atomic E-state index is 13.0. The topological polar surface area (TPSA) is 44.1 Å². The zero-order valence-electron chi connectivity index (χ0n) is 13.8. The number of ether oxygens (including phenoxy) is 1. The highest BCUT2D eigenvalue weighted by Gasteiger charge is 2.31. The van der Waals surface area contributed by atoms with Gasteiger partial charge in [-0.25, -0.2) is 4.68 Å². The van der Waals surface area contributed by atoms with Crippen molar-refractivity contribution in [1.29, 1.82) is 0 Å². The van der Waals surface area contributed by atoms with E-state index in [0.29, 0.717) is 0 Å². The van der Waals surface area contributed by atoms with Crippen LogP contribution < -0.4 is 10.3 Å². The molecule has 0 aliphatic heterocycles. The molecule has 26 heavy (non-hydrogen) atoms. The Labute approximate surface area is 147 Å². The summed E-state index contributed by atoms with van der Waals surface area (Å²) < 4.78 is 45.4. The monoisotopic (exact) mass is 360 g/mol. The second-order valence-electron chi connectivity index (χ2n) is 5.61. The lowest BCUT2D eigenvalue weighted by Gasteiger charge is -2.13. The summed E-state index contributed by atoms with van der Waals surface area (Å²) in [6.45, 7) is 0.204. The third-order valence-electron chi connectivity index (χ3n) is 3.88. The predicted octanol–water partition coefficient (Wildman–Crippen LogP) is 3.99. The number of benzene rings is 2. The van der Waals surface area contributed by atoms with Crippen LogP contribution in [0.5, 0.6) is 5.75 Å². The van der Waals surface area contributed by atoms with Crippen LogP contribution in [0, 0.1) is 0 Å². The summed E-state index contributed by atoms with van der Waals surface area (Å²) >= 11 is 0. The molecule has 0 atom stereocenters. The molecule has 0 aliphatic carbocycles. The molecule has 1 heterocycles. The van der Waals surface area contributed by atoms with Gasteiger partial charge in [0.15, 0.2) is 5.75 Å². The molecule has 0 fully saturated rings. The Morgan fingerprint density at radius 2 is 1.81 bits per heavy atom. The highest BCUT2D eigenvalue weighted by molar-refractivity contribution is 5.69. The van der Waals surface area contributed by atoms with Crippen molar-refractivity contribution in [3.05, 3.63) is 82.3 Å². The molecule has 4 nitrogen and oxygen atoms in total. The number of aromatic nitrogens is 2. The number of alkyl halides is 3. The van der Waals surface area contributed by atoms with Crippen molar-refractivity contribution in [2.24, 2.45) is 0 Å². The van der Waals surface area contributed by atoms with Crippen LogP contribution in [0.4, 0.5) is 13.2 Å². The lowest BCUT2D eigenvalue weighted by atomic mass is 10.0. The van der Waals surface area contributed by atoms with Crippen LogP contribution in [0.15, 0.2) is 65.6 Å². The van der Waals surface area contributed by atoms with E-state index in [0.717, 1.165) is 17.7 Å². The van der Waals surface area contributed by atoms with E-state index in [9.17, 15) is 18.0 Å². The molecule has 0 saturated heterocycles.